The first-order valence-electron chi connectivity index (χ1n) is 5.08. The van der Waals surface area contributed by atoms with E-state index < -0.39 is 25.4 Å². The lowest BCUT2D eigenvalue weighted by Gasteiger charge is -2.26. The van der Waals surface area contributed by atoms with Gasteiger partial charge in [0.2, 0.25) is 9.90 Å². The van der Waals surface area contributed by atoms with Gasteiger partial charge in [0.1, 0.15) is 5.75 Å². The first-order chi connectivity index (χ1) is 9.20. The lowest BCUT2D eigenvalue weighted by atomic mass is 10.1. The van der Waals surface area contributed by atoms with Gasteiger partial charge in [0.15, 0.2) is 0 Å². The van der Waals surface area contributed by atoms with Crippen LogP contribution >= 0.6 is 34.8 Å². The molecule has 0 amide bonds. The van der Waals surface area contributed by atoms with Gasteiger partial charge in [-0.25, -0.2) is 0 Å². The Morgan fingerprint density at radius 1 is 1.15 bits per heavy atom. The van der Waals surface area contributed by atoms with E-state index >= 15 is 0 Å². The molecule has 0 saturated carbocycles. The van der Waals surface area contributed by atoms with E-state index in [1.807, 2.05) is 0 Å². The predicted molar refractivity (Wildman–Crippen MR) is 72.8 cm³/mol. The lowest BCUT2D eigenvalue weighted by Crippen LogP contribution is -2.38. The van der Waals surface area contributed by atoms with E-state index in [-0.39, 0.29) is 17.0 Å². The molecule has 7 nitrogen and oxygen atoms in total. The molecule has 106 valence electrons. The summed E-state index contributed by atoms with van der Waals surface area (Å²) in [5.41, 5.74) is -0.534. The summed E-state index contributed by atoms with van der Waals surface area (Å²) >= 11 is 17.0. The maximum absolute atomic E-state index is 11.0. The molecule has 0 N–H and O–H groups in total. The lowest BCUT2D eigenvalue weighted by molar-refractivity contribution is -0.433. The number of halogens is 3. The molecule has 0 aromatic heterocycles. The number of fused-ring (bicyclic) bond motifs is 1. The van der Waals surface area contributed by atoms with Crippen molar-refractivity contribution in [2.45, 2.75) is 9.90 Å². The van der Waals surface area contributed by atoms with Crippen LogP contribution < -0.4 is 4.74 Å². The second-order valence-electron chi connectivity index (χ2n) is 3.85. The van der Waals surface area contributed by atoms with Crippen molar-refractivity contribution in [3.05, 3.63) is 49.7 Å². The summed E-state index contributed by atoms with van der Waals surface area (Å²) in [7, 11) is 0. The standard InChI is InChI=1S/C10H5Cl3N2O5/c11-10(12,13)9-7(15(18)19)4-5-3-6(14(16)17)1-2-8(5)20-9/h1-4,9H. The van der Waals surface area contributed by atoms with Crippen molar-refractivity contribution in [2.24, 2.45) is 0 Å². The van der Waals surface area contributed by atoms with Gasteiger partial charge in [-0.05, 0) is 6.07 Å². The topological polar surface area (TPSA) is 95.5 Å². The quantitative estimate of drug-likeness (QED) is 0.468. The van der Waals surface area contributed by atoms with Gasteiger partial charge in [-0.1, -0.05) is 34.8 Å². The summed E-state index contributed by atoms with van der Waals surface area (Å²) in [6.07, 6.45) is -0.310. The van der Waals surface area contributed by atoms with Gasteiger partial charge in [0.05, 0.1) is 9.85 Å². The molecule has 0 saturated heterocycles. The molecule has 10 heteroatoms. The molecule has 1 heterocycles. The Bertz CT molecular complexity index is 626. The maximum atomic E-state index is 11.0. The fourth-order valence-electron chi connectivity index (χ4n) is 1.67. The number of ether oxygens (including phenoxy) is 1. The summed E-state index contributed by atoms with van der Waals surface area (Å²) in [5.74, 6) is 0.164. The summed E-state index contributed by atoms with van der Waals surface area (Å²) in [5, 5.41) is 21.7. The van der Waals surface area contributed by atoms with Crippen molar-refractivity contribution in [3.63, 3.8) is 0 Å². The summed E-state index contributed by atoms with van der Waals surface area (Å²) in [6.45, 7) is 0. The van der Waals surface area contributed by atoms with Crippen LogP contribution in [0.1, 0.15) is 5.56 Å². The number of rotatable bonds is 2. The van der Waals surface area contributed by atoms with Crippen molar-refractivity contribution >= 4 is 46.6 Å². The van der Waals surface area contributed by atoms with Crippen LogP contribution in [0.2, 0.25) is 0 Å². The van der Waals surface area contributed by atoms with Crippen LogP contribution in [0.15, 0.2) is 23.9 Å². The molecule has 0 radical (unpaired) electrons. The van der Waals surface area contributed by atoms with Crippen molar-refractivity contribution in [1.82, 2.24) is 0 Å². The third-order valence-electron chi connectivity index (χ3n) is 2.53. The molecule has 1 aromatic rings. The maximum Gasteiger partial charge on any atom is 0.291 e. The highest BCUT2D eigenvalue weighted by Gasteiger charge is 2.46. The summed E-state index contributed by atoms with van der Waals surface area (Å²) in [6, 6.07) is 3.64. The Hall–Kier alpha value is -1.57. The normalized spacial score (nSPS) is 17.8. The Balaban J connectivity index is 2.54. The van der Waals surface area contributed by atoms with Crippen LogP contribution in [0.3, 0.4) is 0 Å². The molecule has 2 rings (SSSR count). The molecule has 1 unspecified atom stereocenters. The zero-order valence-electron chi connectivity index (χ0n) is 9.46. The summed E-state index contributed by atoms with van der Waals surface area (Å²) < 4.78 is 3.23. The SMILES string of the molecule is O=[N+]([O-])C1=Cc2cc([N+](=O)[O-])ccc2OC1C(Cl)(Cl)Cl. The largest absolute Gasteiger partial charge is 0.474 e. The molecule has 1 aromatic carbocycles. The minimum atomic E-state index is -2.04. The van der Waals surface area contributed by atoms with Crippen molar-refractivity contribution < 1.29 is 14.6 Å². The van der Waals surface area contributed by atoms with Crippen molar-refractivity contribution in [3.8, 4) is 5.75 Å². The Kier molecular flexibility index (Phi) is 3.77. The zero-order chi connectivity index (χ0) is 15.1. The smallest absolute Gasteiger partial charge is 0.291 e. The fourth-order valence-corrected chi connectivity index (χ4v) is 2.14. The van der Waals surface area contributed by atoms with Gasteiger partial charge in [0.25, 0.3) is 11.4 Å². The van der Waals surface area contributed by atoms with Crippen molar-refractivity contribution in [2.75, 3.05) is 0 Å². The van der Waals surface area contributed by atoms with Gasteiger partial charge >= 0.3 is 0 Å². The molecule has 0 fully saturated rings. The van der Waals surface area contributed by atoms with Gasteiger partial charge in [0, 0.05) is 23.8 Å². The Morgan fingerprint density at radius 2 is 1.80 bits per heavy atom. The number of hydrogen-bond donors (Lipinski definition) is 0. The van der Waals surface area contributed by atoms with Crippen LogP contribution in [0.25, 0.3) is 6.08 Å². The zero-order valence-corrected chi connectivity index (χ0v) is 11.7. The van der Waals surface area contributed by atoms with Crippen LogP contribution in [0.5, 0.6) is 5.75 Å². The number of nitro benzene ring substituents is 1. The molecule has 1 aliphatic rings. The van der Waals surface area contributed by atoms with Gasteiger partial charge < -0.3 is 4.74 Å². The molecule has 0 spiro atoms. The van der Waals surface area contributed by atoms with E-state index in [0.717, 1.165) is 12.1 Å². The highest BCUT2D eigenvalue weighted by Crippen LogP contribution is 2.42. The Morgan fingerprint density at radius 3 is 2.30 bits per heavy atom. The van der Waals surface area contributed by atoms with Gasteiger partial charge in [-0.2, -0.15) is 0 Å². The fraction of sp³-hybridized carbons (Fsp3) is 0.200. The molecular weight excluding hydrogens is 334 g/mol. The third kappa shape index (κ3) is 2.79. The molecule has 0 aliphatic carbocycles. The number of benzene rings is 1. The number of alkyl halides is 3. The van der Waals surface area contributed by atoms with Crippen molar-refractivity contribution in [1.29, 1.82) is 0 Å². The molecular formula is C10H5Cl3N2O5. The number of nitro groups is 2. The highest BCUT2D eigenvalue weighted by atomic mass is 35.6. The van der Waals surface area contributed by atoms with Crippen LogP contribution in [-0.2, 0) is 0 Å². The minimum absolute atomic E-state index is 0.164. The van der Waals surface area contributed by atoms with Gasteiger partial charge in [-0.15, -0.1) is 0 Å². The number of hydrogen-bond acceptors (Lipinski definition) is 5. The summed E-state index contributed by atoms with van der Waals surface area (Å²) in [4.78, 5) is 20.3. The van der Waals surface area contributed by atoms with E-state index in [1.165, 1.54) is 12.1 Å². The van der Waals surface area contributed by atoms with E-state index in [0.29, 0.717) is 0 Å². The average Bonchev–Trinajstić information content (AvgIpc) is 2.35. The van der Waals surface area contributed by atoms with E-state index in [2.05, 4.69) is 0 Å². The highest BCUT2D eigenvalue weighted by molar-refractivity contribution is 6.68. The second kappa shape index (κ2) is 5.08. The molecule has 1 atom stereocenters. The number of nitrogens with zero attached hydrogens (tertiary/aromatic N) is 2. The molecule has 0 bridgehead atoms. The molecule has 20 heavy (non-hydrogen) atoms. The predicted octanol–water partition coefficient (Wildman–Crippen LogP) is 3.34. The van der Waals surface area contributed by atoms with Crippen LogP contribution in [0, 0.1) is 20.2 Å². The first kappa shape index (κ1) is 14.8. The van der Waals surface area contributed by atoms with E-state index in [4.69, 9.17) is 39.5 Å². The van der Waals surface area contributed by atoms with E-state index in [1.54, 1.807) is 0 Å². The second-order valence-corrected chi connectivity index (χ2v) is 6.21. The Labute approximate surface area is 127 Å². The van der Waals surface area contributed by atoms with Crippen LogP contribution in [0.4, 0.5) is 5.69 Å². The third-order valence-corrected chi connectivity index (χ3v) is 3.12. The minimum Gasteiger partial charge on any atom is -0.474 e. The van der Waals surface area contributed by atoms with Crippen LogP contribution in [-0.4, -0.2) is 19.7 Å². The molecule has 1 aliphatic heterocycles. The number of non-ortho nitro benzene ring substituents is 1. The average molecular weight is 340 g/mol. The first-order valence-corrected chi connectivity index (χ1v) is 6.21. The van der Waals surface area contributed by atoms with E-state index in [9.17, 15) is 20.2 Å². The van der Waals surface area contributed by atoms with Gasteiger partial charge in [-0.3, -0.25) is 20.2 Å². The monoisotopic (exact) mass is 338 g/mol.